The van der Waals surface area contributed by atoms with E-state index in [2.05, 4.69) is 0 Å². The second-order valence-electron chi connectivity index (χ2n) is 5.09. The first kappa shape index (κ1) is 13.2. The van der Waals surface area contributed by atoms with Crippen LogP contribution < -0.4 is 5.73 Å². The zero-order valence-electron chi connectivity index (χ0n) is 10.3. The van der Waals surface area contributed by atoms with E-state index in [1.807, 2.05) is 6.92 Å². The summed E-state index contributed by atoms with van der Waals surface area (Å²) < 4.78 is 16.5. The van der Waals surface area contributed by atoms with Crippen LogP contribution in [0.2, 0.25) is 0 Å². The van der Waals surface area contributed by atoms with Crippen molar-refractivity contribution in [3.63, 3.8) is 0 Å². The number of ether oxygens (including phenoxy) is 3. The number of aliphatic hydroxyl groups excluding tert-OH is 2. The third kappa shape index (κ3) is 2.47. The van der Waals surface area contributed by atoms with Gasteiger partial charge in [0.05, 0.1) is 12.7 Å². The normalized spacial score (nSPS) is 44.6. The molecule has 0 aromatic rings. The van der Waals surface area contributed by atoms with Crippen LogP contribution in [0.4, 0.5) is 0 Å². The van der Waals surface area contributed by atoms with Gasteiger partial charge in [-0.2, -0.15) is 0 Å². The molecule has 5 atom stereocenters. The second-order valence-corrected chi connectivity index (χ2v) is 5.09. The van der Waals surface area contributed by atoms with E-state index in [0.717, 1.165) is 0 Å². The quantitative estimate of drug-likeness (QED) is 0.570. The van der Waals surface area contributed by atoms with Crippen molar-refractivity contribution in [2.45, 2.75) is 56.5 Å². The van der Waals surface area contributed by atoms with Crippen molar-refractivity contribution in [3.05, 3.63) is 0 Å². The Balaban J connectivity index is 2.12. The lowest BCUT2D eigenvalue weighted by Crippen LogP contribution is -2.60. The molecule has 2 heterocycles. The molecule has 2 aliphatic heterocycles. The minimum atomic E-state index is -0.996. The number of nitrogens with two attached hydrogens (primary N) is 1. The van der Waals surface area contributed by atoms with Gasteiger partial charge in [-0.1, -0.05) is 0 Å². The van der Waals surface area contributed by atoms with Gasteiger partial charge in [0.1, 0.15) is 17.4 Å². The van der Waals surface area contributed by atoms with Crippen LogP contribution in [0.3, 0.4) is 0 Å². The molecule has 2 aliphatic rings. The Hall–Kier alpha value is -0.240. The van der Waals surface area contributed by atoms with Crippen LogP contribution in [0, 0.1) is 0 Å². The summed E-state index contributed by atoms with van der Waals surface area (Å²) in [5.41, 5.74) is 4.13. The van der Waals surface area contributed by atoms with Gasteiger partial charge < -0.3 is 30.2 Å². The summed E-state index contributed by atoms with van der Waals surface area (Å²) in [4.78, 5) is 0. The molecule has 2 fully saturated rings. The molecule has 0 aliphatic carbocycles. The number of fused-ring (bicyclic) bond motifs is 2. The highest BCUT2D eigenvalue weighted by Crippen LogP contribution is 2.41. The van der Waals surface area contributed by atoms with E-state index in [4.69, 9.17) is 19.9 Å². The summed E-state index contributed by atoms with van der Waals surface area (Å²) in [6.45, 7) is 4.29. The average Bonchev–Trinajstić information content (AvgIpc) is 2.55. The van der Waals surface area contributed by atoms with Gasteiger partial charge in [-0.3, -0.25) is 0 Å². The molecule has 2 bridgehead atoms. The van der Waals surface area contributed by atoms with Crippen LogP contribution in [0.1, 0.15) is 26.7 Å². The molecule has 0 amide bonds. The first-order chi connectivity index (χ1) is 7.88. The molecule has 6 nitrogen and oxygen atoms in total. The maximum absolute atomic E-state index is 10.1. The molecule has 4 N–H and O–H groups in total. The largest absolute Gasteiger partial charge is 0.390 e. The van der Waals surface area contributed by atoms with Crippen molar-refractivity contribution in [2.75, 3.05) is 13.2 Å². The van der Waals surface area contributed by atoms with E-state index in [1.54, 1.807) is 6.92 Å². The van der Waals surface area contributed by atoms with E-state index in [1.165, 1.54) is 0 Å². The number of hydrogen-bond acceptors (Lipinski definition) is 6. The maximum atomic E-state index is 10.1. The molecule has 17 heavy (non-hydrogen) atoms. The van der Waals surface area contributed by atoms with Gasteiger partial charge in [0.2, 0.25) is 0 Å². The lowest BCUT2D eigenvalue weighted by molar-refractivity contribution is -0.226. The lowest BCUT2D eigenvalue weighted by atomic mass is 9.84. The molecule has 0 aromatic heterocycles. The monoisotopic (exact) mass is 247 g/mol. The van der Waals surface area contributed by atoms with Crippen LogP contribution >= 0.6 is 0 Å². The molecule has 2 rings (SSSR count). The number of rotatable bonds is 4. The Bertz CT molecular complexity index is 285. The Morgan fingerprint density at radius 3 is 2.88 bits per heavy atom. The number of aliphatic hydroxyl groups is 2. The zero-order chi connectivity index (χ0) is 12.7. The fourth-order valence-electron chi connectivity index (χ4n) is 2.68. The highest BCUT2D eigenvalue weighted by molar-refractivity contribution is 5.02. The van der Waals surface area contributed by atoms with E-state index >= 15 is 0 Å². The van der Waals surface area contributed by atoms with Gasteiger partial charge in [0.15, 0.2) is 6.29 Å². The van der Waals surface area contributed by atoms with E-state index < -0.39 is 29.8 Å². The zero-order valence-corrected chi connectivity index (χ0v) is 10.3. The maximum Gasteiger partial charge on any atom is 0.161 e. The van der Waals surface area contributed by atoms with Crippen molar-refractivity contribution < 1.29 is 24.4 Å². The minimum Gasteiger partial charge on any atom is -0.390 e. The second kappa shape index (κ2) is 4.46. The fourth-order valence-corrected chi connectivity index (χ4v) is 2.68. The predicted molar refractivity (Wildman–Crippen MR) is 59.0 cm³/mol. The number of hydrogen-bond donors (Lipinski definition) is 3. The van der Waals surface area contributed by atoms with Gasteiger partial charge in [0, 0.05) is 19.4 Å². The van der Waals surface area contributed by atoms with Crippen LogP contribution in [-0.2, 0) is 14.2 Å². The van der Waals surface area contributed by atoms with E-state index in [-0.39, 0.29) is 13.0 Å². The summed E-state index contributed by atoms with van der Waals surface area (Å²) in [7, 11) is 0. The van der Waals surface area contributed by atoms with Gasteiger partial charge >= 0.3 is 0 Å². The Morgan fingerprint density at radius 1 is 1.53 bits per heavy atom. The first-order valence-corrected chi connectivity index (χ1v) is 5.97. The molecule has 0 spiro atoms. The summed E-state index contributed by atoms with van der Waals surface area (Å²) >= 11 is 0. The van der Waals surface area contributed by atoms with Crippen LogP contribution in [0.15, 0.2) is 0 Å². The summed E-state index contributed by atoms with van der Waals surface area (Å²) in [6, 6.07) is 0. The SMILES string of the molecule is CCOC(C)(N)C[C@]12CO[C@@H](C[C@@H](O)[C@H]1O)O2. The summed E-state index contributed by atoms with van der Waals surface area (Å²) in [5, 5.41) is 19.8. The van der Waals surface area contributed by atoms with Gasteiger partial charge in [-0.25, -0.2) is 0 Å². The smallest absolute Gasteiger partial charge is 0.161 e. The van der Waals surface area contributed by atoms with Crippen LogP contribution in [0.5, 0.6) is 0 Å². The van der Waals surface area contributed by atoms with E-state index in [0.29, 0.717) is 13.0 Å². The average molecular weight is 247 g/mol. The van der Waals surface area contributed by atoms with E-state index in [9.17, 15) is 10.2 Å². The molecule has 0 aromatic carbocycles. The predicted octanol–water partition coefficient (Wildman–Crippen LogP) is -0.675. The van der Waals surface area contributed by atoms with Crippen LogP contribution in [0.25, 0.3) is 0 Å². The summed E-state index contributed by atoms with van der Waals surface area (Å²) in [5.74, 6) is 0. The fraction of sp³-hybridized carbons (Fsp3) is 1.00. The third-order valence-corrected chi connectivity index (χ3v) is 3.34. The molecule has 2 saturated heterocycles. The van der Waals surface area contributed by atoms with Crippen molar-refractivity contribution in [3.8, 4) is 0 Å². The molecular formula is C11H21NO5. The minimum absolute atomic E-state index is 0.232. The Labute approximate surface area is 101 Å². The van der Waals surface area contributed by atoms with Crippen molar-refractivity contribution in [2.24, 2.45) is 5.73 Å². The van der Waals surface area contributed by atoms with Crippen molar-refractivity contribution in [1.29, 1.82) is 0 Å². The highest BCUT2D eigenvalue weighted by atomic mass is 16.7. The van der Waals surface area contributed by atoms with Crippen LogP contribution in [-0.4, -0.2) is 53.3 Å². The molecular weight excluding hydrogens is 226 g/mol. The Kier molecular flexibility index (Phi) is 3.46. The summed E-state index contributed by atoms with van der Waals surface area (Å²) in [6.07, 6.45) is -1.72. The topological polar surface area (TPSA) is 94.2 Å². The third-order valence-electron chi connectivity index (χ3n) is 3.34. The molecule has 1 unspecified atom stereocenters. The van der Waals surface area contributed by atoms with Crippen molar-refractivity contribution >= 4 is 0 Å². The molecule has 0 saturated carbocycles. The molecule has 6 heteroatoms. The van der Waals surface area contributed by atoms with Crippen molar-refractivity contribution in [1.82, 2.24) is 0 Å². The van der Waals surface area contributed by atoms with Gasteiger partial charge in [-0.15, -0.1) is 0 Å². The van der Waals surface area contributed by atoms with Gasteiger partial charge in [-0.05, 0) is 13.8 Å². The first-order valence-electron chi connectivity index (χ1n) is 5.97. The standard InChI is InChI=1S/C11H21NO5/c1-3-16-10(2,12)5-11-6-15-8(17-11)4-7(13)9(11)14/h7-9,13-14H,3-6,12H2,1-2H3/t7-,8-,9-,10?,11+/m1/s1. The molecule has 100 valence electrons. The van der Waals surface area contributed by atoms with Gasteiger partial charge in [0.25, 0.3) is 0 Å². The Morgan fingerprint density at radius 2 is 2.24 bits per heavy atom. The lowest BCUT2D eigenvalue weighted by Gasteiger charge is -2.42. The highest BCUT2D eigenvalue weighted by Gasteiger charge is 2.56. The molecule has 0 radical (unpaired) electrons.